The lowest BCUT2D eigenvalue weighted by atomic mass is 9.84. The zero-order valence-corrected chi connectivity index (χ0v) is 10.3. The second-order valence-corrected chi connectivity index (χ2v) is 6.03. The molecule has 0 aromatic heterocycles. The second kappa shape index (κ2) is 5.61. The van der Waals surface area contributed by atoms with Crippen molar-refractivity contribution in [1.82, 2.24) is 5.32 Å². The third-order valence-electron chi connectivity index (χ3n) is 2.61. The molecule has 0 saturated carbocycles. The molecule has 0 fully saturated rings. The van der Waals surface area contributed by atoms with Crippen molar-refractivity contribution >= 4 is 10.1 Å². The van der Waals surface area contributed by atoms with Gasteiger partial charge in [-0.25, -0.2) is 0 Å². The fraction of sp³-hybridized carbons (Fsp3) is 0.636. The molecule has 0 amide bonds. The highest BCUT2D eigenvalue weighted by Crippen LogP contribution is 2.25. The quantitative estimate of drug-likeness (QED) is 0.548. The Hall–Kier alpha value is -0.650. The molecule has 0 saturated heterocycles. The molecule has 0 aromatic carbocycles. The highest BCUT2D eigenvalue weighted by atomic mass is 32.2. The molecule has 4 nitrogen and oxygen atoms in total. The zero-order chi connectivity index (χ0) is 12.1. The minimum absolute atomic E-state index is 0.118. The molecule has 0 radical (unpaired) electrons. The van der Waals surface area contributed by atoms with E-state index in [4.69, 9.17) is 4.55 Å². The maximum atomic E-state index is 10.5. The van der Waals surface area contributed by atoms with Crippen LogP contribution in [0.15, 0.2) is 24.3 Å². The van der Waals surface area contributed by atoms with Gasteiger partial charge in [-0.2, -0.15) is 8.42 Å². The average Bonchev–Trinajstić information content (AvgIpc) is 2.16. The van der Waals surface area contributed by atoms with E-state index in [0.29, 0.717) is 13.0 Å². The summed E-state index contributed by atoms with van der Waals surface area (Å²) in [6, 6.07) is 0. The Morgan fingerprint density at radius 2 is 2.19 bits per heavy atom. The second-order valence-electron chi connectivity index (χ2n) is 4.46. The first-order valence-electron chi connectivity index (χ1n) is 5.42. The van der Waals surface area contributed by atoms with Crippen LogP contribution in [0, 0.1) is 5.41 Å². The summed E-state index contributed by atoms with van der Waals surface area (Å²) in [6.45, 7) is 3.58. The first-order chi connectivity index (χ1) is 7.41. The molecule has 5 heteroatoms. The fourth-order valence-electron chi connectivity index (χ4n) is 1.66. The van der Waals surface area contributed by atoms with Gasteiger partial charge in [0.15, 0.2) is 0 Å². The van der Waals surface area contributed by atoms with Crippen LogP contribution < -0.4 is 5.32 Å². The topological polar surface area (TPSA) is 66.4 Å². The summed E-state index contributed by atoms with van der Waals surface area (Å²) in [5.41, 5.74) is 0.118. The van der Waals surface area contributed by atoms with Crippen LogP contribution >= 0.6 is 0 Å². The Morgan fingerprint density at radius 1 is 1.44 bits per heavy atom. The summed E-state index contributed by atoms with van der Waals surface area (Å²) in [5.74, 6) is -0.174. The standard InChI is InChI=1S/C11H19NO3S/c1-11(6-3-2-4-7-11)10-12-8-5-9-16(13,14)15/h2-4,6,12H,5,7-10H2,1H3,(H,13,14,15). The molecule has 1 aliphatic carbocycles. The lowest BCUT2D eigenvalue weighted by Gasteiger charge is -2.26. The van der Waals surface area contributed by atoms with Gasteiger partial charge in [0.25, 0.3) is 10.1 Å². The predicted molar refractivity (Wildman–Crippen MR) is 64.9 cm³/mol. The van der Waals surface area contributed by atoms with Crippen molar-refractivity contribution in [2.75, 3.05) is 18.8 Å². The minimum atomic E-state index is -3.81. The van der Waals surface area contributed by atoms with Crippen LogP contribution in [0.1, 0.15) is 19.8 Å². The van der Waals surface area contributed by atoms with E-state index in [1.165, 1.54) is 0 Å². The number of nitrogens with one attached hydrogen (secondary N) is 1. The van der Waals surface area contributed by atoms with Gasteiger partial charge in [0, 0.05) is 12.0 Å². The van der Waals surface area contributed by atoms with Gasteiger partial charge in [-0.1, -0.05) is 31.2 Å². The van der Waals surface area contributed by atoms with Crippen LogP contribution in [-0.2, 0) is 10.1 Å². The number of hydrogen-bond donors (Lipinski definition) is 2. The molecule has 0 aromatic rings. The largest absolute Gasteiger partial charge is 0.316 e. The van der Waals surface area contributed by atoms with Gasteiger partial charge < -0.3 is 5.32 Å². The smallest absolute Gasteiger partial charge is 0.264 e. The van der Waals surface area contributed by atoms with Gasteiger partial charge in [-0.15, -0.1) is 0 Å². The normalized spacial score (nSPS) is 24.9. The minimum Gasteiger partial charge on any atom is -0.316 e. The molecule has 16 heavy (non-hydrogen) atoms. The lowest BCUT2D eigenvalue weighted by Crippen LogP contribution is -2.31. The zero-order valence-electron chi connectivity index (χ0n) is 9.52. The van der Waals surface area contributed by atoms with E-state index in [9.17, 15) is 8.42 Å². The molecule has 92 valence electrons. The van der Waals surface area contributed by atoms with Gasteiger partial charge in [-0.05, 0) is 19.4 Å². The molecule has 0 bridgehead atoms. The molecule has 2 N–H and O–H groups in total. The van der Waals surface area contributed by atoms with E-state index < -0.39 is 10.1 Å². The van der Waals surface area contributed by atoms with Crippen molar-refractivity contribution in [2.45, 2.75) is 19.8 Å². The fourth-order valence-corrected chi connectivity index (χ4v) is 2.17. The summed E-state index contributed by atoms with van der Waals surface area (Å²) in [4.78, 5) is 0. The van der Waals surface area contributed by atoms with Crippen molar-refractivity contribution in [1.29, 1.82) is 0 Å². The summed E-state index contributed by atoms with van der Waals surface area (Å²) in [6.07, 6.45) is 9.77. The summed E-state index contributed by atoms with van der Waals surface area (Å²) >= 11 is 0. The van der Waals surface area contributed by atoms with Gasteiger partial charge in [0.2, 0.25) is 0 Å². The molecular weight excluding hydrogens is 226 g/mol. The van der Waals surface area contributed by atoms with E-state index in [0.717, 1.165) is 13.0 Å². The van der Waals surface area contributed by atoms with Gasteiger partial charge in [0.05, 0.1) is 5.75 Å². The Labute approximate surface area is 97.2 Å². The summed E-state index contributed by atoms with van der Waals surface area (Å²) in [7, 11) is -3.81. The van der Waals surface area contributed by atoms with Crippen LogP contribution in [0.5, 0.6) is 0 Å². The van der Waals surface area contributed by atoms with Crippen LogP contribution in [-0.4, -0.2) is 31.8 Å². The molecule has 1 atom stereocenters. The van der Waals surface area contributed by atoms with Crippen molar-refractivity contribution < 1.29 is 13.0 Å². The molecular formula is C11H19NO3S. The third-order valence-corrected chi connectivity index (χ3v) is 3.42. The number of hydrogen-bond acceptors (Lipinski definition) is 3. The van der Waals surface area contributed by atoms with Crippen molar-refractivity contribution in [3.05, 3.63) is 24.3 Å². The highest BCUT2D eigenvalue weighted by Gasteiger charge is 2.19. The van der Waals surface area contributed by atoms with Crippen molar-refractivity contribution in [3.8, 4) is 0 Å². The molecule has 1 aliphatic rings. The third kappa shape index (κ3) is 5.44. The van der Waals surface area contributed by atoms with Gasteiger partial charge in [0.1, 0.15) is 0 Å². The van der Waals surface area contributed by atoms with Gasteiger partial charge in [-0.3, -0.25) is 4.55 Å². The van der Waals surface area contributed by atoms with Crippen molar-refractivity contribution in [2.24, 2.45) is 5.41 Å². The SMILES string of the molecule is CC1(CNCCCS(=O)(=O)O)C=CC=CC1. The highest BCUT2D eigenvalue weighted by molar-refractivity contribution is 7.85. The summed E-state index contributed by atoms with van der Waals surface area (Å²) < 4.78 is 29.5. The Kier molecular flexibility index (Phi) is 4.70. The Balaban J connectivity index is 2.16. The maximum absolute atomic E-state index is 10.5. The van der Waals surface area contributed by atoms with E-state index in [1.807, 2.05) is 12.2 Å². The molecule has 0 aliphatic heterocycles. The number of rotatable bonds is 6. The van der Waals surface area contributed by atoms with Crippen LogP contribution in [0.4, 0.5) is 0 Å². The van der Waals surface area contributed by atoms with Crippen molar-refractivity contribution in [3.63, 3.8) is 0 Å². The maximum Gasteiger partial charge on any atom is 0.264 e. The van der Waals surface area contributed by atoms with Crippen LogP contribution in [0.25, 0.3) is 0 Å². The van der Waals surface area contributed by atoms with E-state index in [2.05, 4.69) is 24.4 Å². The first-order valence-corrected chi connectivity index (χ1v) is 7.02. The van der Waals surface area contributed by atoms with E-state index >= 15 is 0 Å². The average molecular weight is 245 g/mol. The van der Waals surface area contributed by atoms with Crippen LogP contribution in [0.3, 0.4) is 0 Å². The lowest BCUT2D eigenvalue weighted by molar-refractivity contribution is 0.394. The first kappa shape index (κ1) is 13.4. The summed E-state index contributed by atoms with van der Waals surface area (Å²) in [5, 5.41) is 3.21. The van der Waals surface area contributed by atoms with E-state index in [-0.39, 0.29) is 11.2 Å². The number of allylic oxidation sites excluding steroid dienone is 3. The predicted octanol–water partition coefficient (Wildman–Crippen LogP) is 1.38. The Bertz CT molecular complexity index is 373. The molecule has 0 heterocycles. The monoisotopic (exact) mass is 245 g/mol. The molecule has 0 spiro atoms. The van der Waals surface area contributed by atoms with Crippen LogP contribution in [0.2, 0.25) is 0 Å². The molecule has 1 rings (SSSR count). The van der Waals surface area contributed by atoms with Gasteiger partial charge >= 0.3 is 0 Å². The Morgan fingerprint density at radius 3 is 2.75 bits per heavy atom. The molecule has 1 unspecified atom stereocenters. The van der Waals surface area contributed by atoms with E-state index in [1.54, 1.807) is 0 Å².